The summed E-state index contributed by atoms with van der Waals surface area (Å²) in [6, 6.07) is 0.0283. The number of carbonyl (C=O) groups excluding carboxylic acids is 1. The van der Waals surface area contributed by atoms with Gasteiger partial charge in [-0.25, -0.2) is 9.18 Å². The van der Waals surface area contributed by atoms with E-state index in [-0.39, 0.29) is 41.9 Å². The molecule has 32 heavy (non-hydrogen) atoms. The summed E-state index contributed by atoms with van der Waals surface area (Å²) in [5.74, 6) is -4.46. The van der Waals surface area contributed by atoms with Crippen molar-refractivity contribution in [1.29, 1.82) is 0 Å². The van der Waals surface area contributed by atoms with Crippen LogP contribution in [0.25, 0.3) is 10.9 Å². The summed E-state index contributed by atoms with van der Waals surface area (Å²) in [5.41, 5.74) is -1.37. The van der Waals surface area contributed by atoms with Crippen LogP contribution >= 0.6 is 0 Å². The number of nitrogens with one attached hydrogen (secondary N) is 1. The lowest BCUT2D eigenvalue weighted by atomic mass is 10.1. The fourth-order valence-corrected chi connectivity index (χ4v) is 3.98. The van der Waals surface area contributed by atoms with Crippen molar-refractivity contribution in [3.8, 4) is 5.75 Å². The van der Waals surface area contributed by atoms with Gasteiger partial charge < -0.3 is 20.1 Å². The van der Waals surface area contributed by atoms with Gasteiger partial charge in [0.2, 0.25) is 5.43 Å². The summed E-state index contributed by atoms with van der Waals surface area (Å²) in [6.07, 6.45) is -4.46. The molecule has 0 aliphatic carbocycles. The minimum Gasteiger partial charge on any atom is -0.477 e. The Labute approximate surface area is 177 Å². The summed E-state index contributed by atoms with van der Waals surface area (Å²) < 4.78 is 60.1. The number of carbonyl (C=O) groups is 2. The molecule has 172 valence electrons. The van der Waals surface area contributed by atoms with Crippen LogP contribution in [0.4, 0.5) is 23.2 Å². The van der Waals surface area contributed by atoms with Gasteiger partial charge in [0, 0.05) is 32.4 Å². The lowest BCUT2D eigenvalue weighted by Gasteiger charge is -2.37. The molecule has 2 aliphatic heterocycles. The number of hydrogen-bond acceptors (Lipinski definition) is 6. The number of amides is 1. The van der Waals surface area contributed by atoms with Crippen LogP contribution in [0.15, 0.2) is 17.1 Å². The Hall–Kier alpha value is -3.51. The first kappa shape index (κ1) is 21.7. The van der Waals surface area contributed by atoms with Gasteiger partial charge in [-0.15, -0.1) is 0 Å². The highest BCUT2D eigenvalue weighted by Crippen LogP contribution is 2.42. The molecule has 1 aromatic heterocycles. The molecule has 0 spiro atoms. The standard InChI is InChI=1S/C19H18F4N4O5/c1-8-25(2)27-7-11(17(29)30)15(28)10-5-12(20)14(16(32-8)13(10)27)26-4-3-9(6-26)24-18(31)19(21,22)23/h5,7-9H,3-4,6H2,1-2H3,(H,24,31)(H,29,30)/t8?,9-/m0/s1. The van der Waals surface area contributed by atoms with E-state index in [2.05, 4.69) is 0 Å². The van der Waals surface area contributed by atoms with Gasteiger partial charge in [0.25, 0.3) is 0 Å². The Balaban J connectivity index is 1.81. The molecule has 1 unspecified atom stereocenters. The normalized spacial score (nSPS) is 20.4. The van der Waals surface area contributed by atoms with Crippen molar-refractivity contribution >= 4 is 28.5 Å². The lowest BCUT2D eigenvalue weighted by Crippen LogP contribution is -2.47. The van der Waals surface area contributed by atoms with Crippen LogP contribution in [0.3, 0.4) is 0 Å². The van der Waals surface area contributed by atoms with E-state index in [0.717, 1.165) is 12.3 Å². The number of pyridine rings is 1. The molecule has 1 aromatic carbocycles. The average molecular weight is 458 g/mol. The molecule has 0 saturated carbocycles. The second-order valence-corrected chi connectivity index (χ2v) is 7.65. The third-order valence-corrected chi connectivity index (χ3v) is 5.63. The molecule has 2 aromatic rings. The quantitative estimate of drug-likeness (QED) is 0.671. The largest absolute Gasteiger partial charge is 0.477 e. The predicted octanol–water partition coefficient (Wildman–Crippen LogP) is 1.40. The van der Waals surface area contributed by atoms with Gasteiger partial charge in [-0.1, -0.05) is 0 Å². The first-order chi connectivity index (χ1) is 14.9. The minimum absolute atomic E-state index is 0.0255. The molecular formula is C19H18F4N4O5. The number of carboxylic acid groups (broad SMARTS) is 1. The van der Waals surface area contributed by atoms with Crippen LogP contribution in [-0.4, -0.2) is 60.2 Å². The second kappa shape index (κ2) is 7.28. The van der Waals surface area contributed by atoms with Gasteiger partial charge in [0.1, 0.15) is 16.8 Å². The van der Waals surface area contributed by atoms with E-state index in [1.807, 2.05) is 5.32 Å². The van der Waals surface area contributed by atoms with Crippen molar-refractivity contribution in [3.63, 3.8) is 0 Å². The first-order valence-electron chi connectivity index (χ1n) is 9.57. The molecule has 0 bridgehead atoms. The maximum absolute atomic E-state index is 15.2. The number of halogens is 4. The summed E-state index contributed by atoms with van der Waals surface area (Å²) in [6.45, 7) is 1.64. The van der Waals surface area contributed by atoms with E-state index < -0.39 is 47.1 Å². The van der Waals surface area contributed by atoms with Crippen molar-refractivity contribution in [2.75, 3.05) is 30.0 Å². The summed E-state index contributed by atoms with van der Waals surface area (Å²) in [4.78, 5) is 36.8. The van der Waals surface area contributed by atoms with Crippen molar-refractivity contribution in [1.82, 2.24) is 9.99 Å². The third-order valence-electron chi connectivity index (χ3n) is 5.63. The van der Waals surface area contributed by atoms with E-state index in [1.165, 1.54) is 14.6 Å². The molecular weight excluding hydrogens is 440 g/mol. The molecule has 13 heteroatoms. The molecule has 1 amide bonds. The van der Waals surface area contributed by atoms with Gasteiger partial charge in [0.15, 0.2) is 17.8 Å². The van der Waals surface area contributed by atoms with Crippen LogP contribution < -0.4 is 25.4 Å². The SMILES string of the molecule is CC1Oc2c(N3CC[C@H](NC(=O)C(F)(F)F)C3)c(F)cc3c(=O)c(C(=O)O)cn(c23)N1C. The van der Waals surface area contributed by atoms with E-state index in [9.17, 15) is 32.7 Å². The average Bonchev–Trinajstić information content (AvgIpc) is 3.14. The van der Waals surface area contributed by atoms with E-state index in [0.29, 0.717) is 0 Å². The van der Waals surface area contributed by atoms with Crippen molar-refractivity contribution < 1.29 is 37.0 Å². The third kappa shape index (κ3) is 3.37. The van der Waals surface area contributed by atoms with E-state index in [4.69, 9.17) is 4.74 Å². The maximum atomic E-state index is 15.2. The van der Waals surface area contributed by atoms with Crippen molar-refractivity contribution in [3.05, 3.63) is 33.9 Å². The second-order valence-electron chi connectivity index (χ2n) is 7.65. The van der Waals surface area contributed by atoms with Gasteiger partial charge >= 0.3 is 18.1 Å². The van der Waals surface area contributed by atoms with Crippen LogP contribution in [0.5, 0.6) is 5.75 Å². The molecule has 4 rings (SSSR count). The molecule has 9 nitrogen and oxygen atoms in total. The molecule has 1 fully saturated rings. The fourth-order valence-electron chi connectivity index (χ4n) is 3.98. The Bertz CT molecular complexity index is 1200. The zero-order valence-corrected chi connectivity index (χ0v) is 16.9. The number of aromatic carboxylic acids is 1. The fraction of sp³-hybridized carbons (Fsp3) is 0.421. The molecule has 0 radical (unpaired) electrons. The predicted molar refractivity (Wildman–Crippen MR) is 104 cm³/mol. The molecule has 3 heterocycles. The van der Waals surface area contributed by atoms with Crippen LogP contribution in [-0.2, 0) is 4.79 Å². The lowest BCUT2D eigenvalue weighted by molar-refractivity contribution is -0.174. The van der Waals surface area contributed by atoms with E-state index >= 15 is 4.39 Å². The van der Waals surface area contributed by atoms with Crippen LogP contribution in [0, 0.1) is 5.82 Å². The van der Waals surface area contributed by atoms with Gasteiger partial charge in [0.05, 0.1) is 5.39 Å². The number of anilines is 1. The number of nitrogens with zero attached hydrogens (tertiary/aromatic N) is 3. The Morgan fingerprint density at radius 1 is 1.31 bits per heavy atom. The summed E-state index contributed by atoms with van der Waals surface area (Å²) >= 11 is 0. The molecule has 2 atom stereocenters. The number of hydrogen-bond donors (Lipinski definition) is 2. The van der Waals surface area contributed by atoms with E-state index in [1.54, 1.807) is 14.0 Å². The Kier molecular flexibility index (Phi) is 4.94. The van der Waals surface area contributed by atoms with Gasteiger partial charge in [-0.3, -0.25) is 19.3 Å². The topological polar surface area (TPSA) is 104 Å². The number of rotatable bonds is 3. The highest BCUT2D eigenvalue weighted by atomic mass is 19.4. The monoisotopic (exact) mass is 458 g/mol. The smallest absolute Gasteiger partial charge is 0.471 e. The maximum Gasteiger partial charge on any atom is 0.471 e. The van der Waals surface area contributed by atoms with Crippen molar-refractivity contribution in [2.24, 2.45) is 0 Å². The van der Waals surface area contributed by atoms with Gasteiger partial charge in [-0.05, 0) is 19.4 Å². The summed E-state index contributed by atoms with van der Waals surface area (Å²) in [5, 5.41) is 12.6. The number of alkyl halides is 3. The number of carboxylic acids is 1. The number of ether oxygens (including phenoxy) is 1. The van der Waals surface area contributed by atoms with Crippen molar-refractivity contribution in [2.45, 2.75) is 31.8 Å². The van der Waals surface area contributed by atoms with Crippen LogP contribution in [0.2, 0.25) is 0 Å². The zero-order chi connectivity index (χ0) is 23.5. The zero-order valence-electron chi connectivity index (χ0n) is 16.9. The highest BCUT2D eigenvalue weighted by Gasteiger charge is 2.41. The Morgan fingerprint density at radius 2 is 2.00 bits per heavy atom. The summed E-state index contributed by atoms with van der Waals surface area (Å²) in [7, 11) is 1.59. The Morgan fingerprint density at radius 3 is 2.62 bits per heavy atom. The number of aromatic nitrogens is 1. The molecule has 2 N–H and O–H groups in total. The van der Waals surface area contributed by atoms with Crippen LogP contribution in [0.1, 0.15) is 23.7 Å². The first-order valence-corrected chi connectivity index (χ1v) is 9.57. The number of benzene rings is 1. The van der Waals surface area contributed by atoms with Gasteiger partial charge in [-0.2, -0.15) is 13.2 Å². The molecule has 2 aliphatic rings. The highest BCUT2D eigenvalue weighted by molar-refractivity contribution is 5.97. The minimum atomic E-state index is -5.03. The molecule has 1 saturated heterocycles.